The third-order valence-electron chi connectivity index (χ3n) is 15.3. The number of ether oxygens (including phenoxy) is 4. The van der Waals surface area contributed by atoms with Gasteiger partial charge < -0.3 is 40.2 Å². The third-order valence-corrected chi connectivity index (χ3v) is 15.3. The van der Waals surface area contributed by atoms with Gasteiger partial charge in [-0.05, 0) is 53.8 Å². The summed E-state index contributed by atoms with van der Waals surface area (Å²) in [5.74, 6) is -3.12. The summed E-state index contributed by atoms with van der Waals surface area (Å²) in [6.45, 7) is 34.6. The Morgan fingerprint density at radius 1 is 0.359 bits per heavy atom. The topological polar surface area (TPSA) is 153 Å². The van der Waals surface area contributed by atoms with Crippen LogP contribution >= 0.6 is 0 Å². The second-order valence-electron chi connectivity index (χ2n) is 23.3. The van der Waals surface area contributed by atoms with Crippen molar-refractivity contribution in [2.45, 2.75) is 248 Å². The largest absolute Gasteiger partial charge is 0.462 e. The first kappa shape index (κ1) is 54.3. The molecule has 370 valence electrons. The van der Waals surface area contributed by atoms with Gasteiger partial charge in [-0.15, -0.1) is 0 Å². The molecule has 4 aliphatic heterocycles. The van der Waals surface area contributed by atoms with Gasteiger partial charge in [0.1, 0.15) is 24.4 Å². The third kappa shape index (κ3) is 15.6. The molecule has 12 heteroatoms. The van der Waals surface area contributed by atoms with Gasteiger partial charge in [0.2, 0.25) is 0 Å². The number of esters is 4. The van der Waals surface area contributed by atoms with Crippen LogP contribution in [0.3, 0.4) is 0 Å². The van der Waals surface area contributed by atoms with Crippen LogP contribution < -0.4 is 21.3 Å². The molecule has 4 aliphatic rings. The normalized spacial score (nSPS) is 32.7. The van der Waals surface area contributed by atoms with Gasteiger partial charge in [-0.25, -0.2) is 0 Å². The lowest BCUT2D eigenvalue weighted by Crippen LogP contribution is -2.54. The molecule has 4 heterocycles. The fraction of sp³-hybridized carbons (Fsp3) is 0.923. The molecule has 4 N–H and O–H groups in total. The average Bonchev–Trinajstić information content (AvgIpc) is 3.21. The van der Waals surface area contributed by atoms with Gasteiger partial charge in [0.05, 0.1) is 5.92 Å². The zero-order chi connectivity index (χ0) is 47.7. The Morgan fingerprint density at radius 2 is 0.578 bits per heavy atom. The molecular formula is C52H94N4O8. The number of rotatable bonds is 19. The summed E-state index contributed by atoms with van der Waals surface area (Å²) >= 11 is 0. The van der Waals surface area contributed by atoms with Crippen LogP contribution in [0.5, 0.6) is 0 Å². The Bertz CT molecular complexity index is 1370. The maximum atomic E-state index is 15.0. The number of hydrogen-bond donors (Lipinski definition) is 4. The van der Waals surface area contributed by atoms with Crippen LogP contribution in [0.25, 0.3) is 0 Å². The second kappa shape index (κ2) is 24.7. The van der Waals surface area contributed by atoms with Crippen LogP contribution in [0.1, 0.15) is 175 Å². The van der Waals surface area contributed by atoms with Crippen molar-refractivity contribution >= 4 is 23.9 Å². The van der Waals surface area contributed by atoms with Crippen molar-refractivity contribution in [3.8, 4) is 0 Å². The lowest BCUT2D eigenvalue weighted by molar-refractivity contribution is -0.182. The molecule has 0 aromatic carbocycles. The van der Waals surface area contributed by atoms with Crippen molar-refractivity contribution in [2.24, 2.45) is 59.2 Å². The highest BCUT2D eigenvalue weighted by atomic mass is 16.6. The Balaban J connectivity index is 1.71. The van der Waals surface area contributed by atoms with Crippen molar-refractivity contribution in [3.63, 3.8) is 0 Å². The highest BCUT2D eigenvalue weighted by Crippen LogP contribution is 2.34. The average molecular weight is 903 g/mol. The van der Waals surface area contributed by atoms with Gasteiger partial charge in [0, 0.05) is 106 Å². The number of piperidine rings is 4. The Kier molecular flexibility index (Phi) is 20.9. The van der Waals surface area contributed by atoms with E-state index in [9.17, 15) is 19.2 Å². The van der Waals surface area contributed by atoms with Crippen LogP contribution in [-0.4, -0.2) is 96.6 Å². The Labute approximate surface area is 389 Å². The summed E-state index contributed by atoms with van der Waals surface area (Å²) in [6, 6.07) is 1.09. The molecule has 0 spiro atoms. The molecule has 64 heavy (non-hydrogen) atoms. The van der Waals surface area contributed by atoms with Gasteiger partial charge in [-0.1, -0.05) is 111 Å². The van der Waals surface area contributed by atoms with E-state index in [0.29, 0.717) is 98.7 Å². The van der Waals surface area contributed by atoms with Crippen LogP contribution in [-0.2, 0) is 38.1 Å². The van der Waals surface area contributed by atoms with Gasteiger partial charge in [0.15, 0.2) is 5.92 Å². The fourth-order valence-corrected chi connectivity index (χ4v) is 10.5. The molecule has 4 rings (SSSR count). The van der Waals surface area contributed by atoms with Crippen LogP contribution in [0.15, 0.2) is 0 Å². The van der Waals surface area contributed by atoms with E-state index in [-0.39, 0.29) is 67.3 Å². The molecule has 9 atom stereocenters. The summed E-state index contributed by atoms with van der Waals surface area (Å²) in [7, 11) is 0. The summed E-state index contributed by atoms with van der Waals surface area (Å²) in [5.41, 5.74) is 0. The summed E-state index contributed by atoms with van der Waals surface area (Å²) in [5, 5.41) is 15.0. The molecule has 0 saturated carbocycles. The minimum Gasteiger partial charge on any atom is -0.462 e. The van der Waals surface area contributed by atoms with E-state index in [0.717, 1.165) is 0 Å². The number of hydrogen-bond acceptors (Lipinski definition) is 12. The van der Waals surface area contributed by atoms with Crippen molar-refractivity contribution < 1.29 is 38.1 Å². The van der Waals surface area contributed by atoms with E-state index >= 15 is 0 Å². The van der Waals surface area contributed by atoms with Crippen molar-refractivity contribution in [2.75, 3.05) is 0 Å². The minimum absolute atomic E-state index is 0.110. The smallest absolute Gasteiger partial charge is 0.321 e. The summed E-state index contributed by atoms with van der Waals surface area (Å²) in [4.78, 5) is 58.9. The molecule has 4 saturated heterocycles. The van der Waals surface area contributed by atoms with E-state index in [1.54, 1.807) is 0 Å². The highest BCUT2D eigenvalue weighted by Gasteiger charge is 2.48. The standard InChI is InChI=1S/C52H94N4O8/c1-27(2)40-19-35(20-41(53-40)28(3)4)61-48(57)18-17-39(50(58)62-36-21-42(29(5)6)54-43(22-36)30(7)8)49(51(59)63-37-23-44(31(9)10)55-45(24-37)32(11)12)52(60)64-38-25-46(33(13)14)56-47(26-38)34(15)16/h27-47,49,53-56H,17-26H2,1-16H3. The second-order valence-corrected chi connectivity index (χ2v) is 23.3. The first-order valence-corrected chi connectivity index (χ1v) is 25.8. The zero-order valence-electron chi connectivity index (χ0n) is 43.0. The predicted molar refractivity (Wildman–Crippen MR) is 254 cm³/mol. The Morgan fingerprint density at radius 3 is 0.812 bits per heavy atom. The summed E-state index contributed by atoms with van der Waals surface area (Å²) in [6.07, 6.45) is 3.02. The number of carbonyl (C=O) groups is 4. The van der Waals surface area contributed by atoms with Crippen LogP contribution in [0, 0.1) is 59.2 Å². The predicted octanol–water partition coefficient (Wildman–Crippen LogP) is 8.38. The Hall–Kier alpha value is -2.28. The first-order valence-electron chi connectivity index (χ1n) is 25.8. The van der Waals surface area contributed by atoms with Gasteiger partial charge >= 0.3 is 23.9 Å². The van der Waals surface area contributed by atoms with E-state index in [4.69, 9.17) is 18.9 Å². The van der Waals surface area contributed by atoms with Gasteiger partial charge in [-0.2, -0.15) is 0 Å². The lowest BCUT2D eigenvalue weighted by atomic mass is 9.84. The maximum Gasteiger partial charge on any atom is 0.321 e. The molecule has 0 radical (unpaired) electrons. The van der Waals surface area contributed by atoms with Gasteiger partial charge in [-0.3, -0.25) is 19.2 Å². The monoisotopic (exact) mass is 903 g/mol. The highest BCUT2D eigenvalue weighted by molar-refractivity contribution is 5.99. The van der Waals surface area contributed by atoms with E-state index in [1.165, 1.54) is 0 Å². The van der Waals surface area contributed by atoms with Crippen molar-refractivity contribution in [1.82, 2.24) is 21.3 Å². The number of nitrogens with one attached hydrogen (secondary N) is 4. The van der Waals surface area contributed by atoms with E-state index in [2.05, 4.69) is 132 Å². The van der Waals surface area contributed by atoms with Crippen LogP contribution in [0.2, 0.25) is 0 Å². The molecule has 0 amide bonds. The SMILES string of the molecule is CC(C)C1CC(OC(=O)CCC(C(=O)OC2CC(C(C)C)NC(C(C)C)C2)C(C(=O)OC2CC(C(C)C)NC(C(C)C)C2)C(=O)OC2CC(C(C)C)NC(C(C)C)C2)CC(C(C)C)N1. The minimum atomic E-state index is -1.62. The molecule has 9 unspecified atom stereocenters. The molecule has 4 fully saturated rings. The van der Waals surface area contributed by atoms with Gasteiger partial charge in [0.25, 0.3) is 0 Å². The maximum absolute atomic E-state index is 15.0. The molecule has 0 bridgehead atoms. The molecular weight excluding hydrogens is 809 g/mol. The van der Waals surface area contributed by atoms with Crippen LogP contribution in [0.4, 0.5) is 0 Å². The zero-order valence-corrected chi connectivity index (χ0v) is 43.0. The van der Waals surface area contributed by atoms with E-state index < -0.39 is 54.0 Å². The van der Waals surface area contributed by atoms with Crippen molar-refractivity contribution in [1.29, 1.82) is 0 Å². The summed E-state index contributed by atoms with van der Waals surface area (Å²) < 4.78 is 25.5. The van der Waals surface area contributed by atoms with Crippen molar-refractivity contribution in [3.05, 3.63) is 0 Å². The lowest BCUT2D eigenvalue weighted by Gasteiger charge is -2.41. The molecule has 0 aromatic rings. The molecule has 0 aliphatic carbocycles. The quantitative estimate of drug-likeness (QED) is 0.0560. The number of carbonyl (C=O) groups excluding carboxylic acids is 4. The molecule has 12 nitrogen and oxygen atoms in total. The van der Waals surface area contributed by atoms with E-state index in [1.807, 2.05) is 0 Å². The fourth-order valence-electron chi connectivity index (χ4n) is 10.5. The molecule has 0 aromatic heterocycles. The first-order chi connectivity index (χ1) is 29.9.